The molecule has 0 saturated heterocycles. The van der Waals surface area contributed by atoms with E-state index in [1.807, 2.05) is 0 Å². The molecule has 5 nitrogen and oxygen atoms in total. The molecule has 0 N–H and O–H groups in total. The molecule has 0 aliphatic heterocycles. The highest BCUT2D eigenvalue weighted by Crippen LogP contribution is 2.30. The predicted octanol–water partition coefficient (Wildman–Crippen LogP) is 2.33. The average molecular weight is 292 g/mol. The first-order chi connectivity index (χ1) is 8.71. The van der Waals surface area contributed by atoms with E-state index in [1.165, 1.54) is 6.07 Å². The molecular formula is C10H9ClF3N5. The van der Waals surface area contributed by atoms with Crippen molar-refractivity contribution in [2.75, 3.05) is 14.1 Å². The van der Waals surface area contributed by atoms with Crippen molar-refractivity contribution in [2.24, 2.45) is 0 Å². The van der Waals surface area contributed by atoms with Crippen LogP contribution < -0.4 is 0 Å². The summed E-state index contributed by atoms with van der Waals surface area (Å²) in [7, 11) is 3.41. The van der Waals surface area contributed by atoms with Gasteiger partial charge in [-0.1, -0.05) is 18.2 Å². The third kappa shape index (κ3) is 2.35. The first-order valence-corrected chi connectivity index (χ1v) is 5.45. The van der Waals surface area contributed by atoms with Gasteiger partial charge in [0.2, 0.25) is 0 Å². The van der Waals surface area contributed by atoms with Crippen LogP contribution in [0.3, 0.4) is 0 Å². The lowest BCUT2D eigenvalue weighted by Gasteiger charge is -2.16. The molecule has 0 aromatic carbocycles. The van der Waals surface area contributed by atoms with Crippen LogP contribution in [0.2, 0.25) is 5.15 Å². The zero-order valence-corrected chi connectivity index (χ0v) is 10.8. The second-order valence-electron chi connectivity index (χ2n) is 3.98. The van der Waals surface area contributed by atoms with Crippen LogP contribution in [0.15, 0.2) is 12.6 Å². The fraction of sp³-hybridized carbons (Fsp3) is 0.300. The van der Waals surface area contributed by atoms with Crippen LogP contribution >= 0.6 is 11.6 Å². The minimum absolute atomic E-state index is 0.0459. The highest BCUT2D eigenvalue weighted by Gasteiger charge is 2.38. The summed E-state index contributed by atoms with van der Waals surface area (Å²) in [5.41, 5.74) is 0.749. The maximum Gasteiger partial charge on any atom is 0.453 e. The molecule has 2 heterocycles. The van der Waals surface area contributed by atoms with E-state index in [4.69, 9.17) is 11.6 Å². The second kappa shape index (κ2) is 4.37. The molecule has 0 unspecified atom stereocenters. The first-order valence-electron chi connectivity index (χ1n) is 5.07. The van der Waals surface area contributed by atoms with Crippen LogP contribution in [0.4, 0.5) is 13.2 Å². The van der Waals surface area contributed by atoms with Gasteiger partial charge in [-0.05, 0) is 6.07 Å². The van der Waals surface area contributed by atoms with Crippen molar-refractivity contribution in [3.63, 3.8) is 0 Å². The molecule has 0 aliphatic rings. The van der Waals surface area contributed by atoms with Gasteiger partial charge < -0.3 is 4.90 Å². The van der Waals surface area contributed by atoms with Crippen LogP contribution in [0.5, 0.6) is 0 Å². The van der Waals surface area contributed by atoms with Crippen LogP contribution in [0, 0.1) is 0 Å². The minimum Gasteiger partial charge on any atom is -0.378 e. The number of hydrogen-bond acceptors (Lipinski definition) is 4. The smallest absolute Gasteiger partial charge is 0.378 e. The number of fused-ring (bicyclic) bond motifs is 1. The second-order valence-corrected chi connectivity index (χ2v) is 4.37. The zero-order valence-electron chi connectivity index (χ0n) is 10.0. The topological polar surface area (TPSA) is 46.3 Å². The normalized spacial score (nSPS) is 11.9. The Balaban J connectivity index is 2.75. The van der Waals surface area contributed by atoms with Crippen molar-refractivity contribution in [1.29, 1.82) is 0 Å². The SMILES string of the molecule is C=C(c1cc(Cl)nn2c(C(F)(F)F)nnc12)N(C)C. The van der Waals surface area contributed by atoms with Gasteiger partial charge in [0, 0.05) is 25.4 Å². The summed E-state index contributed by atoms with van der Waals surface area (Å²) < 4.78 is 38.8. The van der Waals surface area contributed by atoms with Gasteiger partial charge in [0.15, 0.2) is 10.8 Å². The van der Waals surface area contributed by atoms with E-state index in [1.54, 1.807) is 19.0 Å². The molecule has 0 radical (unpaired) electrons. The molecule has 9 heteroatoms. The lowest BCUT2D eigenvalue weighted by molar-refractivity contribution is -0.146. The van der Waals surface area contributed by atoms with E-state index < -0.39 is 12.0 Å². The highest BCUT2D eigenvalue weighted by atomic mass is 35.5. The van der Waals surface area contributed by atoms with Gasteiger partial charge in [0.25, 0.3) is 5.82 Å². The lowest BCUT2D eigenvalue weighted by Crippen LogP contribution is -2.14. The summed E-state index contributed by atoms with van der Waals surface area (Å²) in [4.78, 5) is 1.63. The summed E-state index contributed by atoms with van der Waals surface area (Å²) >= 11 is 5.74. The Kier molecular flexibility index (Phi) is 3.13. The zero-order chi connectivity index (χ0) is 14.4. The number of halogens is 4. The maximum atomic E-state index is 12.7. The summed E-state index contributed by atoms with van der Waals surface area (Å²) in [5, 5.41) is 10.1. The quantitative estimate of drug-likeness (QED) is 0.852. The molecule has 19 heavy (non-hydrogen) atoms. The third-order valence-corrected chi connectivity index (χ3v) is 2.63. The fourth-order valence-corrected chi connectivity index (χ4v) is 1.67. The largest absolute Gasteiger partial charge is 0.453 e. The van der Waals surface area contributed by atoms with Crippen molar-refractivity contribution in [1.82, 2.24) is 24.7 Å². The molecule has 0 atom stereocenters. The van der Waals surface area contributed by atoms with E-state index >= 15 is 0 Å². The van der Waals surface area contributed by atoms with Gasteiger partial charge in [-0.25, -0.2) is 0 Å². The summed E-state index contributed by atoms with van der Waals surface area (Å²) in [6.45, 7) is 3.76. The van der Waals surface area contributed by atoms with Crippen LogP contribution in [0.1, 0.15) is 11.4 Å². The van der Waals surface area contributed by atoms with Crippen LogP contribution in [-0.2, 0) is 6.18 Å². The number of rotatable bonds is 2. The maximum absolute atomic E-state index is 12.7. The number of aromatic nitrogens is 4. The third-order valence-electron chi connectivity index (χ3n) is 2.44. The standard InChI is InChI=1S/C10H9ClF3N5/c1-5(18(2)3)6-4-7(11)17-19-8(6)15-16-9(19)10(12,13)14/h4H,1H2,2-3H3. The molecule has 102 valence electrons. The average Bonchev–Trinajstić information content (AvgIpc) is 2.69. The van der Waals surface area contributed by atoms with E-state index in [-0.39, 0.29) is 10.8 Å². The van der Waals surface area contributed by atoms with E-state index in [0.29, 0.717) is 15.8 Å². The Hall–Kier alpha value is -1.83. The first kappa shape index (κ1) is 13.6. The van der Waals surface area contributed by atoms with E-state index in [9.17, 15) is 13.2 Å². The summed E-state index contributed by atoms with van der Waals surface area (Å²) in [5.74, 6) is -1.22. The Labute approximate surface area is 111 Å². The van der Waals surface area contributed by atoms with Crippen LogP contribution in [-0.4, -0.2) is 38.8 Å². The Morgan fingerprint density at radius 3 is 2.53 bits per heavy atom. The Morgan fingerprint density at radius 2 is 2.00 bits per heavy atom. The fourth-order valence-electron chi connectivity index (χ4n) is 1.48. The molecule has 2 aromatic rings. The van der Waals surface area contributed by atoms with Crippen LogP contribution in [0.25, 0.3) is 11.3 Å². The van der Waals surface area contributed by atoms with Crippen molar-refractivity contribution >= 4 is 22.9 Å². The summed E-state index contributed by atoms with van der Waals surface area (Å²) in [6, 6.07) is 1.40. The molecule has 2 rings (SSSR count). The summed E-state index contributed by atoms with van der Waals surface area (Å²) in [6.07, 6.45) is -4.66. The molecule has 0 fully saturated rings. The predicted molar refractivity (Wildman–Crippen MR) is 63.5 cm³/mol. The van der Waals surface area contributed by atoms with Gasteiger partial charge in [0.05, 0.1) is 0 Å². The molecule has 0 aliphatic carbocycles. The monoisotopic (exact) mass is 291 g/mol. The van der Waals surface area contributed by atoms with Gasteiger partial charge in [-0.3, -0.25) is 0 Å². The number of nitrogens with zero attached hydrogens (tertiary/aromatic N) is 5. The van der Waals surface area contributed by atoms with Gasteiger partial charge >= 0.3 is 6.18 Å². The van der Waals surface area contributed by atoms with Gasteiger partial charge in [-0.15, -0.1) is 10.2 Å². The number of alkyl halides is 3. The molecule has 2 aromatic heterocycles. The molecule has 0 bridgehead atoms. The van der Waals surface area contributed by atoms with Crippen molar-refractivity contribution in [3.05, 3.63) is 29.2 Å². The van der Waals surface area contributed by atoms with Gasteiger partial charge in [-0.2, -0.15) is 22.8 Å². The van der Waals surface area contributed by atoms with Crippen molar-refractivity contribution in [3.8, 4) is 0 Å². The number of hydrogen-bond donors (Lipinski definition) is 0. The minimum atomic E-state index is -4.66. The van der Waals surface area contributed by atoms with Gasteiger partial charge in [0.1, 0.15) is 0 Å². The molecular weight excluding hydrogens is 283 g/mol. The highest BCUT2D eigenvalue weighted by molar-refractivity contribution is 6.29. The van der Waals surface area contributed by atoms with Crippen molar-refractivity contribution in [2.45, 2.75) is 6.18 Å². The van der Waals surface area contributed by atoms with E-state index in [0.717, 1.165) is 0 Å². The lowest BCUT2D eigenvalue weighted by atomic mass is 10.2. The molecule has 0 amide bonds. The van der Waals surface area contributed by atoms with E-state index in [2.05, 4.69) is 21.9 Å². The Morgan fingerprint density at radius 1 is 1.37 bits per heavy atom. The Bertz CT molecular complexity index is 646. The molecule has 0 saturated carbocycles. The van der Waals surface area contributed by atoms with Crippen molar-refractivity contribution < 1.29 is 13.2 Å². The molecule has 0 spiro atoms.